The number of para-hydroxylation sites is 2. The first-order valence-electron chi connectivity index (χ1n) is 6.04. The Bertz CT molecular complexity index is 658. The number of rotatable bonds is 2. The van der Waals surface area contributed by atoms with E-state index < -0.39 is 0 Å². The zero-order valence-corrected chi connectivity index (χ0v) is 11.2. The molecule has 0 spiro atoms. The van der Waals surface area contributed by atoms with Crippen molar-refractivity contribution in [3.05, 3.63) is 54.1 Å². The molecule has 98 valence electrons. The molecule has 0 amide bonds. The van der Waals surface area contributed by atoms with Gasteiger partial charge in [-0.1, -0.05) is 36.4 Å². The van der Waals surface area contributed by atoms with Crippen LogP contribution in [0.1, 0.15) is 11.6 Å². The zero-order valence-electron chi connectivity index (χ0n) is 10.4. The normalized spacial score (nSPS) is 12.3. The van der Waals surface area contributed by atoms with Gasteiger partial charge in [-0.15, -0.1) is 12.4 Å². The zero-order chi connectivity index (χ0) is 12.5. The number of hydrogen-bond acceptors (Lipinski definition) is 3. The minimum Gasteiger partial charge on any atom is -0.329 e. The molecule has 1 atom stereocenters. The molecule has 3 rings (SSSR count). The lowest BCUT2D eigenvalue weighted by Gasteiger charge is -2.15. The van der Waals surface area contributed by atoms with Crippen LogP contribution in [0, 0.1) is 0 Å². The highest BCUT2D eigenvalue weighted by Gasteiger charge is 2.13. The van der Waals surface area contributed by atoms with Crippen molar-refractivity contribution in [3.63, 3.8) is 0 Å². The van der Waals surface area contributed by atoms with E-state index in [4.69, 9.17) is 11.5 Å². The van der Waals surface area contributed by atoms with Crippen LogP contribution in [0.15, 0.2) is 48.5 Å². The number of aromatic nitrogens is 1. The summed E-state index contributed by atoms with van der Waals surface area (Å²) in [5.41, 5.74) is 14.9. The van der Waals surface area contributed by atoms with Gasteiger partial charge in [0.25, 0.3) is 0 Å². The summed E-state index contributed by atoms with van der Waals surface area (Å²) in [5.74, 6) is 0. The molecule has 19 heavy (non-hydrogen) atoms. The van der Waals surface area contributed by atoms with Crippen molar-refractivity contribution >= 4 is 34.2 Å². The number of pyridine rings is 1. The third kappa shape index (κ3) is 2.28. The van der Waals surface area contributed by atoms with Gasteiger partial charge in [0, 0.05) is 23.4 Å². The Morgan fingerprint density at radius 2 is 1.37 bits per heavy atom. The van der Waals surface area contributed by atoms with Crippen molar-refractivity contribution in [1.29, 1.82) is 0 Å². The molecule has 0 aliphatic rings. The maximum atomic E-state index is 6.17. The lowest BCUT2D eigenvalue weighted by atomic mass is 9.97. The lowest BCUT2D eigenvalue weighted by Crippen LogP contribution is -2.21. The summed E-state index contributed by atoms with van der Waals surface area (Å²) < 4.78 is 0. The Morgan fingerprint density at radius 1 is 0.895 bits per heavy atom. The summed E-state index contributed by atoms with van der Waals surface area (Å²) >= 11 is 0. The van der Waals surface area contributed by atoms with Crippen molar-refractivity contribution < 1.29 is 0 Å². The van der Waals surface area contributed by atoms with Crippen LogP contribution in [0.5, 0.6) is 0 Å². The second-order valence-corrected chi connectivity index (χ2v) is 4.40. The molecule has 0 bridgehead atoms. The predicted octanol–water partition coefficient (Wildman–Crippen LogP) is 2.77. The van der Waals surface area contributed by atoms with Crippen molar-refractivity contribution in [2.75, 3.05) is 6.54 Å². The third-order valence-electron chi connectivity index (χ3n) is 3.25. The van der Waals surface area contributed by atoms with Gasteiger partial charge >= 0.3 is 0 Å². The van der Waals surface area contributed by atoms with Gasteiger partial charge in [-0.25, -0.2) is 4.98 Å². The topological polar surface area (TPSA) is 64.9 Å². The van der Waals surface area contributed by atoms with E-state index >= 15 is 0 Å². The quantitative estimate of drug-likeness (QED) is 0.706. The van der Waals surface area contributed by atoms with Crippen molar-refractivity contribution in [1.82, 2.24) is 4.98 Å². The van der Waals surface area contributed by atoms with Crippen molar-refractivity contribution in [3.8, 4) is 0 Å². The summed E-state index contributed by atoms with van der Waals surface area (Å²) in [6.45, 7) is 0.429. The number of nitrogens with zero attached hydrogens (tertiary/aromatic N) is 1. The third-order valence-corrected chi connectivity index (χ3v) is 3.25. The minimum atomic E-state index is -0.164. The van der Waals surface area contributed by atoms with Gasteiger partial charge in [0.05, 0.1) is 11.0 Å². The molecule has 3 aromatic rings. The average molecular weight is 274 g/mol. The summed E-state index contributed by atoms with van der Waals surface area (Å²) in [6, 6.07) is 16.0. The summed E-state index contributed by atoms with van der Waals surface area (Å²) in [7, 11) is 0. The van der Waals surface area contributed by atoms with Gasteiger partial charge in [-0.05, 0) is 17.7 Å². The van der Waals surface area contributed by atoms with Gasteiger partial charge in [0.15, 0.2) is 0 Å². The SMILES string of the molecule is Cl.NCC(N)c1c2ccccc2nc2ccccc12. The lowest BCUT2D eigenvalue weighted by molar-refractivity contribution is 0.748. The molecular weight excluding hydrogens is 258 g/mol. The fraction of sp³-hybridized carbons (Fsp3) is 0.133. The van der Waals surface area contributed by atoms with E-state index in [0.717, 1.165) is 27.4 Å². The van der Waals surface area contributed by atoms with E-state index in [9.17, 15) is 0 Å². The predicted molar refractivity (Wildman–Crippen MR) is 82.5 cm³/mol. The van der Waals surface area contributed by atoms with Crippen LogP contribution in [0.3, 0.4) is 0 Å². The second-order valence-electron chi connectivity index (χ2n) is 4.40. The fourth-order valence-corrected chi connectivity index (χ4v) is 2.39. The van der Waals surface area contributed by atoms with E-state index in [1.807, 2.05) is 36.4 Å². The number of hydrogen-bond donors (Lipinski definition) is 2. The minimum absolute atomic E-state index is 0. The average Bonchev–Trinajstić information content (AvgIpc) is 2.44. The van der Waals surface area contributed by atoms with Crippen LogP contribution >= 0.6 is 12.4 Å². The smallest absolute Gasteiger partial charge is 0.0713 e. The first-order chi connectivity index (χ1) is 8.81. The number of fused-ring (bicyclic) bond motifs is 2. The molecule has 0 aliphatic heterocycles. The molecule has 1 heterocycles. The standard InChI is InChI=1S/C15H15N3.ClH/c16-9-12(17)15-10-5-1-3-7-13(10)18-14-8-4-2-6-11(14)15;/h1-8,12H,9,16-17H2;1H. The van der Waals surface area contributed by atoms with Crippen molar-refractivity contribution in [2.45, 2.75) is 6.04 Å². The molecule has 0 aliphatic carbocycles. The number of halogens is 1. The maximum absolute atomic E-state index is 6.17. The molecule has 0 saturated heterocycles. The highest BCUT2D eigenvalue weighted by atomic mass is 35.5. The summed E-state index contributed by atoms with van der Waals surface area (Å²) in [4.78, 5) is 4.66. The van der Waals surface area contributed by atoms with E-state index in [0.29, 0.717) is 6.54 Å². The molecule has 0 saturated carbocycles. The Balaban J connectivity index is 0.00000133. The highest BCUT2D eigenvalue weighted by Crippen LogP contribution is 2.29. The fourth-order valence-electron chi connectivity index (χ4n) is 2.39. The van der Waals surface area contributed by atoms with E-state index in [-0.39, 0.29) is 18.4 Å². The maximum Gasteiger partial charge on any atom is 0.0713 e. The number of benzene rings is 2. The molecule has 0 radical (unpaired) electrons. The Labute approximate surface area is 118 Å². The first-order valence-corrected chi connectivity index (χ1v) is 6.04. The first kappa shape index (κ1) is 13.7. The van der Waals surface area contributed by atoms with Gasteiger partial charge in [-0.2, -0.15) is 0 Å². The van der Waals surface area contributed by atoms with Crippen molar-refractivity contribution in [2.24, 2.45) is 11.5 Å². The van der Waals surface area contributed by atoms with Gasteiger partial charge in [0.2, 0.25) is 0 Å². The Hall–Kier alpha value is -1.68. The van der Waals surface area contributed by atoms with Gasteiger partial charge in [-0.3, -0.25) is 0 Å². The molecule has 4 N–H and O–H groups in total. The molecule has 2 aromatic carbocycles. The van der Waals surface area contributed by atoms with Crippen LogP contribution in [-0.4, -0.2) is 11.5 Å². The van der Waals surface area contributed by atoms with E-state index in [1.54, 1.807) is 0 Å². The summed E-state index contributed by atoms with van der Waals surface area (Å²) in [6.07, 6.45) is 0. The Morgan fingerprint density at radius 3 is 1.84 bits per heavy atom. The Kier molecular flexibility index (Phi) is 4.00. The van der Waals surface area contributed by atoms with E-state index in [2.05, 4.69) is 17.1 Å². The molecule has 1 unspecified atom stereocenters. The van der Waals surface area contributed by atoms with Crippen LogP contribution in [0.4, 0.5) is 0 Å². The molecule has 4 heteroatoms. The second kappa shape index (κ2) is 5.53. The van der Waals surface area contributed by atoms with Crippen LogP contribution in [-0.2, 0) is 0 Å². The molecule has 0 fully saturated rings. The van der Waals surface area contributed by atoms with E-state index in [1.165, 1.54) is 0 Å². The number of nitrogens with two attached hydrogens (primary N) is 2. The molecule has 3 nitrogen and oxygen atoms in total. The molecule has 1 aromatic heterocycles. The van der Waals surface area contributed by atoms with Crippen LogP contribution in [0.25, 0.3) is 21.8 Å². The largest absolute Gasteiger partial charge is 0.329 e. The van der Waals surface area contributed by atoms with Gasteiger partial charge < -0.3 is 11.5 Å². The summed E-state index contributed by atoms with van der Waals surface area (Å²) in [5, 5.41) is 2.18. The van der Waals surface area contributed by atoms with Crippen LogP contribution in [0.2, 0.25) is 0 Å². The monoisotopic (exact) mass is 273 g/mol. The van der Waals surface area contributed by atoms with Gasteiger partial charge in [0.1, 0.15) is 0 Å². The molecular formula is C15H16ClN3. The highest BCUT2D eigenvalue weighted by molar-refractivity contribution is 5.97. The van der Waals surface area contributed by atoms with Crippen LogP contribution < -0.4 is 11.5 Å².